The molecule has 27 heavy (non-hydrogen) atoms. The van der Waals surface area contributed by atoms with Crippen molar-refractivity contribution < 1.29 is 4.79 Å². The molecular formula is C20H20Cl2N4O. The first-order chi connectivity index (χ1) is 13.0. The van der Waals surface area contributed by atoms with E-state index in [1.54, 1.807) is 29.2 Å². The van der Waals surface area contributed by atoms with Crippen molar-refractivity contribution in [2.24, 2.45) is 0 Å². The average Bonchev–Trinajstić information content (AvgIpc) is 3.14. The van der Waals surface area contributed by atoms with Crippen LogP contribution in [0, 0.1) is 0 Å². The number of nitrogens with zero attached hydrogens (tertiary/aromatic N) is 3. The molecule has 140 valence electrons. The van der Waals surface area contributed by atoms with Gasteiger partial charge in [-0.25, -0.2) is 4.68 Å². The summed E-state index contributed by atoms with van der Waals surface area (Å²) in [6.45, 7) is 0.432. The summed E-state index contributed by atoms with van der Waals surface area (Å²) in [5.41, 5.74) is 2.30. The zero-order valence-electron chi connectivity index (χ0n) is 15.1. The monoisotopic (exact) mass is 402 g/mol. The maximum atomic E-state index is 12.5. The molecule has 1 heterocycles. The molecule has 1 N–H and O–H groups in total. The summed E-state index contributed by atoms with van der Waals surface area (Å²) in [4.78, 5) is 14.6. The number of benzene rings is 2. The molecular weight excluding hydrogens is 383 g/mol. The maximum Gasteiger partial charge on any atom is 0.254 e. The first-order valence-corrected chi connectivity index (χ1v) is 9.21. The Kier molecular flexibility index (Phi) is 6.16. The summed E-state index contributed by atoms with van der Waals surface area (Å²) in [5.74, 6) is -0.186. The largest absolute Gasteiger partial charge is 0.350 e. The van der Waals surface area contributed by atoms with Gasteiger partial charge in [0.05, 0.1) is 23.5 Å². The summed E-state index contributed by atoms with van der Waals surface area (Å²) in [6.07, 6.45) is 3.24. The van der Waals surface area contributed by atoms with Gasteiger partial charge in [0.25, 0.3) is 5.91 Å². The molecule has 0 spiro atoms. The third kappa shape index (κ3) is 4.69. The minimum absolute atomic E-state index is 0.0334. The number of hydrogen-bond donors (Lipinski definition) is 1. The molecule has 0 bridgehead atoms. The zero-order valence-corrected chi connectivity index (χ0v) is 16.6. The second kappa shape index (κ2) is 8.57. The molecule has 0 aliphatic carbocycles. The molecule has 2 aromatic carbocycles. The van der Waals surface area contributed by atoms with Gasteiger partial charge < -0.3 is 10.2 Å². The summed E-state index contributed by atoms with van der Waals surface area (Å²) in [7, 11) is 3.91. The number of hydrogen-bond acceptors (Lipinski definition) is 3. The van der Waals surface area contributed by atoms with Crippen molar-refractivity contribution in [3.05, 3.63) is 82.1 Å². The highest BCUT2D eigenvalue weighted by Gasteiger charge is 2.18. The number of likely N-dealkylation sites (N-methyl/N-ethyl adjacent to an activating group) is 1. The number of rotatable bonds is 6. The van der Waals surface area contributed by atoms with Crippen LogP contribution < -0.4 is 5.32 Å². The average molecular weight is 403 g/mol. The Hall–Kier alpha value is -2.34. The Labute approximate surface area is 168 Å². The van der Waals surface area contributed by atoms with E-state index in [9.17, 15) is 4.79 Å². The third-order valence-corrected chi connectivity index (χ3v) is 4.88. The fourth-order valence-corrected chi connectivity index (χ4v) is 3.17. The van der Waals surface area contributed by atoms with Crippen LogP contribution in [0.1, 0.15) is 22.0 Å². The summed E-state index contributed by atoms with van der Waals surface area (Å²) >= 11 is 12.2. The normalized spacial score (nSPS) is 12.2. The molecule has 0 aliphatic rings. The summed E-state index contributed by atoms with van der Waals surface area (Å²) in [6, 6.07) is 14.9. The van der Waals surface area contributed by atoms with Gasteiger partial charge in [-0.2, -0.15) is 5.10 Å². The Morgan fingerprint density at radius 1 is 1.15 bits per heavy atom. The second-order valence-electron chi connectivity index (χ2n) is 6.36. The quantitative estimate of drug-likeness (QED) is 0.671. The number of carbonyl (C=O) groups excluding carboxylic acids is 1. The first-order valence-electron chi connectivity index (χ1n) is 8.45. The molecule has 1 atom stereocenters. The Balaban J connectivity index is 1.70. The third-order valence-electron chi connectivity index (χ3n) is 4.28. The van der Waals surface area contributed by atoms with Gasteiger partial charge in [-0.1, -0.05) is 41.4 Å². The van der Waals surface area contributed by atoms with Crippen LogP contribution in [0.2, 0.25) is 10.0 Å². The van der Waals surface area contributed by atoms with E-state index < -0.39 is 0 Å². The molecule has 0 fully saturated rings. The van der Waals surface area contributed by atoms with E-state index >= 15 is 0 Å². The first kappa shape index (κ1) is 19.4. The van der Waals surface area contributed by atoms with Gasteiger partial charge in [-0.15, -0.1) is 0 Å². The lowest BCUT2D eigenvalue weighted by Crippen LogP contribution is -2.34. The van der Waals surface area contributed by atoms with Crippen LogP contribution in [0.3, 0.4) is 0 Å². The molecule has 5 nitrogen and oxygen atoms in total. The van der Waals surface area contributed by atoms with Gasteiger partial charge >= 0.3 is 0 Å². The predicted molar refractivity (Wildman–Crippen MR) is 109 cm³/mol. The van der Waals surface area contributed by atoms with Crippen molar-refractivity contribution in [1.29, 1.82) is 0 Å². The van der Waals surface area contributed by atoms with Crippen LogP contribution >= 0.6 is 23.2 Å². The van der Waals surface area contributed by atoms with Gasteiger partial charge in [0, 0.05) is 22.8 Å². The van der Waals surface area contributed by atoms with E-state index in [-0.39, 0.29) is 11.9 Å². The van der Waals surface area contributed by atoms with Gasteiger partial charge in [0.2, 0.25) is 0 Å². The molecule has 7 heteroatoms. The van der Waals surface area contributed by atoms with Crippen LogP contribution in [0.15, 0.2) is 60.9 Å². The van der Waals surface area contributed by atoms with Crippen LogP contribution in [-0.4, -0.2) is 41.2 Å². The minimum atomic E-state index is -0.186. The molecule has 1 unspecified atom stereocenters. The van der Waals surface area contributed by atoms with E-state index in [1.165, 1.54) is 0 Å². The number of amides is 1. The van der Waals surface area contributed by atoms with Crippen LogP contribution in [-0.2, 0) is 0 Å². The molecule has 0 radical (unpaired) electrons. The molecule has 0 saturated heterocycles. The smallest absolute Gasteiger partial charge is 0.254 e. The van der Waals surface area contributed by atoms with Crippen LogP contribution in [0.4, 0.5) is 0 Å². The lowest BCUT2D eigenvalue weighted by molar-refractivity contribution is 0.0942. The molecule has 1 aromatic heterocycles. The Bertz CT molecular complexity index is 922. The number of carbonyl (C=O) groups is 1. The second-order valence-corrected chi connectivity index (χ2v) is 7.20. The zero-order chi connectivity index (χ0) is 19.4. The van der Waals surface area contributed by atoms with E-state index in [1.807, 2.05) is 55.4 Å². The number of halogens is 2. The van der Waals surface area contributed by atoms with Crippen molar-refractivity contribution in [3.63, 3.8) is 0 Å². The topological polar surface area (TPSA) is 50.2 Å². The van der Waals surface area contributed by atoms with Gasteiger partial charge in [0.1, 0.15) is 0 Å². The lowest BCUT2D eigenvalue weighted by atomic mass is 10.1. The summed E-state index contributed by atoms with van der Waals surface area (Å²) < 4.78 is 1.64. The standard InChI is InChI=1S/C20H20Cl2N4O/c1-25(2)19(17-5-3-4-6-18(17)22)12-23-20(27)14-11-24-26(13-14)16-9-7-15(21)8-10-16/h3-11,13,19H,12H2,1-2H3,(H,23,27). The Morgan fingerprint density at radius 3 is 2.52 bits per heavy atom. The van der Waals surface area contributed by atoms with Gasteiger partial charge in [-0.3, -0.25) is 4.79 Å². The van der Waals surface area contributed by atoms with Crippen molar-refractivity contribution in [1.82, 2.24) is 20.0 Å². The van der Waals surface area contributed by atoms with E-state index in [2.05, 4.69) is 10.4 Å². The fraction of sp³-hybridized carbons (Fsp3) is 0.200. The van der Waals surface area contributed by atoms with Crippen molar-refractivity contribution in [2.75, 3.05) is 20.6 Å². The molecule has 0 saturated carbocycles. The van der Waals surface area contributed by atoms with E-state index in [4.69, 9.17) is 23.2 Å². The minimum Gasteiger partial charge on any atom is -0.350 e. The van der Waals surface area contributed by atoms with Crippen LogP contribution in [0.5, 0.6) is 0 Å². The predicted octanol–water partition coefficient (Wildman–Crippen LogP) is 4.21. The molecule has 3 rings (SSSR count). The van der Waals surface area contributed by atoms with Crippen molar-refractivity contribution >= 4 is 29.1 Å². The highest BCUT2D eigenvalue weighted by molar-refractivity contribution is 6.31. The SMILES string of the molecule is CN(C)C(CNC(=O)c1cnn(-c2ccc(Cl)cc2)c1)c1ccccc1Cl. The lowest BCUT2D eigenvalue weighted by Gasteiger charge is -2.25. The van der Waals surface area contributed by atoms with E-state index in [0.717, 1.165) is 11.3 Å². The summed E-state index contributed by atoms with van der Waals surface area (Å²) in [5, 5.41) is 8.55. The van der Waals surface area contributed by atoms with Crippen molar-refractivity contribution in [3.8, 4) is 5.69 Å². The maximum absolute atomic E-state index is 12.5. The van der Waals surface area contributed by atoms with Crippen LogP contribution in [0.25, 0.3) is 5.69 Å². The number of nitrogens with one attached hydrogen (secondary N) is 1. The fourth-order valence-electron chi connectivity index (χ4n) is 2.78. The van der Waals surface area contributed by atoms with E-state index in [0.29, 0.717) is 22.2 Å². The molecule has 1 amide bonds. The Morgan fingerprint density at radius 2 is 1.85 bits per heavy atom. The molecule has 3 aromatic rings. The highest BCUT2D eigenvalue weighted by Crippen LogP contribution is 2.25. The van der Waals surface area contributed by atoms with Gasteiger partial charge in [-0.05, 0) is 50.0 Å². The van der Waals surface area contributed by atoms with Gasteiger partial charge in [0.15, 0.2) is 0 Å². The highest BCUT2D eigenvalue weighted by atomic mass is 35.5. The van der Waals surface area contributed by atoms with Crippen molar-refractivity contribution in [2.45, 2.75) is 6.04 Å². The number of aromatic nitrogens is 2. The molecule has 0 aliphatic heterocycles.